The van der Waals surface area contributed by atoms with Crippen LogP contribution >= 0.6 is 0 Å². The second kappa shape index (κ2) is 7.72. The minimum Gasteiger partial charge on any atom is -0.497 e. The summed E-state index contributed by atoms with van der Waals surface area (Å²) in [6.45, 7) is 0.461. The van der Waals surface area contributed by atoms with Crippen LogP contribution in [0.2, 0.25) is 0 Å². The van der Waals surface area contributed by atoms with E-state index in [0.29, 0.717) is 24.7 Å². The van der Waals surface area contributed by atoms with Crippen molar-refractivity contribution in [2.24, 2.45) is 0 Å². The Hall–Kier alpha value is -3.73. The van der Waals surface area contributed by atoms with Gasteiger partial charge in [0, 0.05) is 12.1 Å². The van der Waals surface area contributed by atoms with E-state index >= 15 is 0 Å². The Morgan fingerprint density at radius 3 is 2.79 bits per heavy atom. The zero-order valence-corrected chi connectivity index (χ0v) is 15.6. The highest BCUT2D eigenvalue weighted by molar-refractivity contribution is 5.95. The molecule has 1 fully saturated rings. The summed E-state index contributed by atoms with van der Waals surface area (Å²) in [6.07, 6.45) is 1.39. The van der Waals surface area contributed by atoms with Gasteiger partial charge in [0.2, 0.25) is 11.7 Å². The van der Waals surface area contributed by atoms with Gasteiger partial charge in [0.05, 0.1) is 24.3 Å². The van der Waals surface area contributed by atoms with Gasteiger partial charge in [0.15, 0.2) is 0 Å². The molecule has 0 saturated carbocycles. The van der Waals surface area contributed by atoms with E-state index in [4.69, 9.17) is 14.5 Å². The molecule has 0 radical (unpaired) electrons. The maximum Gasteiger partial charge on any atom is 0.257 e. The van der Waals surface area contributed by atoms with Crippen LogP contribution in [0, 0.1) is 17.1 Å². The van der Waals surface area contributed by atoms with Crippen molar-refractivity contribution < 1.29 is 18.4 Å². The van der Waals surface area contributed by atoms with Crippen molar-refractivity contribution >= 4 is 5.91 Å². The first-order chi connectivity index (χ1) is 14.1. The number of methoxy groups -OCH3 is 1. The van der Waals surface area contributed by atoms with Gasteiger partial charge in [-0.2, -0.15) is 10.2 Å². The molecule has 7 nitrogen and oxygen atoms in total. The lowest BCUT2D eigenvalue weighted by Gasteiger charge is -2.22. The van der Waals surface area contributed by atoms with Gasteiger partial charge in [-0.3, -0.25) is 4.79 Å². The molecule has 8 heteroatoms. The van der Waals surface area contributed by atoms with Crippen LogP contribution < -0.4 is 4.74 Å². The predicted octanol–water partition coefficient (Wildman–Crippen LogP) is 3.73. The van der Waals surface area contributed by atoms with E-state index in [1.807, 2.05) is 18.2 Å². The highest BCUT2D eigenvalue weighted by Crippen LogP contribution is 2.33. The summed E-state index contributed by atoms with van der Waals surface area (Å²) in [4.78, 5) is 18.9. The van der Waals surface area contributed by atoms with Crippen molar-refractivity contribution in [3.8, 4) is 23.2 Å². The summed E-state index contributed by atoms with van der Waals surface area (Å²) < 4.78 is 24.9. The molecule has 29 heavy (non-hydrogen) atoms. The van der Waals surface area contributed by atoms with Crippen LogP contribution in [-0.4, -0.2) is 34.6 Å². The molecule has 4 rings (SSSR count). The molecule has 0 N–H and O–H groups in total. The van der Waals surface area contributed by atoms with Crippen LogP contribution in [0.4, 0.5) is 4.39 Å². The number of benzene rings is 2. The van der Waals surface area contributed by atoms with Gasteiger partial charge >= 0.3 is 0 Å². The van der Waals surface area contributed by atoms with Gasteiger partial charge in [-0.25, -0.2) is 4.39 Å². The summed E-state index contributed by atoms with van der Waals surface area (Å²) in [7, 11) is 1.59. The maximum absolute atomic E-state index is 14.3. The number of nitrogens with zero attached hydrogens (tertiary/aromatic N) is 4. The van der Waals surface area contributed by atoms with Crippen molar-refractivity contribution in [1.82, 2.24) is 15.0 Å². The third-order valence-electron chi connectivity index (χ3n) is 4.92. The Bertz CT molecular complexity index is 1090. The van der Waals surface area contributed by atoms with Gasteiger partial charge < -0.3 is 14.2 Å². The second-order valence-electron chi connectivity index (χ2n) is 6.65. The number of hydrogen-bond acceptors (Lipinski definition) is 6. The minimum absolute atomic E-state index is 0.0780. The minimum atomic E-state index is -0.718. The quantitative estimate of drug-likeness (QED) is 0.672. The van der Waals surface area contributed by atoms with Gasteiger partial charge in [-0.1, -0.05) is 5.16 Å². The number of hydrogen-bond donors (Lipinski definition) is 0. The lowest BCUT2D eigenvalue weighted by Crippen LogP contribution is -2.31. The fraction of sp³-hybridized carbons (Fsp3) is 0.238. The van der Waals surface area contributed by atoms with E-state index in [2.05, 4.69) is 10.1 Å². The summed E-state index contributed by atoms with van der Waals surface area (Å²) in [5.41, 5.74) is 0.846. The highest BCUT2D eigenvalue weighted by atomic mass is 19.1. The number of carbonyl (C=O) groups excluding carboxylic acids is 1. The number of rotatable bonds is 4. The number of aromatic nitrogens is 2. The average Bonchev–Trinajstić information content (AvgIpc) is 3.42. The number of carbonyl (C=O) groups is 1. The largest absolute Gasteiger partial charge is 0.497 e. The molecule has 1 aliphatic rings. The van der Waals surface area contributed by atoms with Gasteiger partial charge in [-0.05, 0) is 55.3 Å². The number of nitriles is 1. The van der Waals surface area contributed by atoms with Crippen molar-refractivity contribution in [3.63, 3.8) is 0 Å². The Morgan fingerprint density at radius 2 is 2.10 bits per heavy atom. The molecule has 2 heterocycles. The fourth-order valence-corrected chi connectivity index (χ4v) is 3.41. The van der Waals surface area contributed by atoms with E-state index in [1.165, 1.54) is 17.0 Å². The number of ether oxygens (including phenoxy) is 1. The first-order valence-corrected chi connectivity index (χ1v) is 9.09. The third kappa shape index (κ3) is 3.55. The van der Waals surface area contributed by atoms with Crippen LogP contribution in [-0.2, 0) is 0 Å². The molecule has 1 aromatic heterocycles. The van der Waals surface area contributed by atoms with Crippen LogP contribution in [0.25, 0.3) is 11.4 Å². The van der Waals surface area contributed by atoms with Gasteiger partial charge in [0.1, 0.15) is 17.6 Å². The SMILES string of the molecule is COc1ccc(-c2noc(C3CCCN3C(=O)c3ccc(C#N)cc3F)n2)cc1. The smallest absolute Gasteiger partial charge is 0.257 e. The molecule has 1 amide bonds. The average molecular weight is 392 g/mol. The Kier molecular flexibility index (Phi) is 4.96. The third-order valence-corrected chi connectivity index (χ3v) is 4.92. The van der Waals surface area contributed by atoms with E-state index in [0.717, 1.165) is 23.8 Å². The van der Waals surface area contributed by atoms with Crippen molar-refractivity contribution in [3.05, 3.63) is 65.3 Å². The lowest BCUT2D eigenvalue weighted by molar-refractivity contribution is 0.0705. The predicted molar refractivity (Wildman–Crippen MR) is 100 cm³/mol. The van der Waals surface area contributed by atoms with Crippen LogP contribution in [0.1, 0.15) is 40.7 Å². The monoisotopic (exact) mass is 392 g/mol. The number of halogens is 1. The first-order valence-electron chi connectivity index (χ1n) is 9.09. The highest BCUT2D eigenvalue weighted by Gasteiger charge is 2.35. The Morgan fingerprint density at radius 1 is 1.31 bits per heavy atom. The van der Waals surface area contributed by atoms with E-state index in [-0.39, 0.29) is 11.1 Å². The fourth-order valence-electron chi connectivity index (χ4n) is 3.41. The molecule has 1 unspecified atom stereocenters. The van der Waals surface area contributed by atoms with E-state index in [9.17, 15) is 9.18 Å². The van der Waals surface area contributed by atoms with Crippen LogP contribution in [0.15, 0.2) is 47.0 Å². The topological polar surface area (TPSA) is 92.3 Å². The summed E-state index contributed by atoms with van der Waals surface area (Å²) in [5, 5.41) is 12.9. The molecule has 1 atom stereocenters. The van der Waals surface area contributed by atoms with E-state index in [1.54, 1.807) is 19.2 Å². The van der Waals surface area contributed by atoms with E-state index < -0.39 is 17.8 Å². The molecular weight excluding hydrogens is 375 g/mol. The zero-order valence-electron chi connectivity index (χ0n) is 15.6. The molecule has 2 aromatic carbocycles. The van der Waals surface area contributed by atoms with Gasteiger partial charge in [0.25, 0.3) is 5.91 Å². The molecule has 0 spiro atoms. The molecule has 3 aromatic rings. The summed E-state index contributed by atoms with van der Waals surface area (Å²) in [6, 6.07) is 12.5. The Labute approximate surface area is 166 Å². The molecular formula is C21H17FN4O3. The number of likely N-dealkylation sites (tertiary alicyclic amines) is 1. The zero-order chi connectivity index (χ0) is 20.4. The maximum atomic E-state index is 14.3. The van der Waals surface area contributed by atoms with Crippen molar-refractivity contribution in [1.29, 1.82) is 5.26 Å². The van der Waals surface area contributed by atoms with Crippen molar-refractivity contribution in [2.45, 2.75) is 18.9 Å². The van der Waals surface area contributed by atoms with Gasteiger partial charge in [-0.15, -0.1) is 0 Å². The molecule has 146 valence electrons. The van der Waals surface area contributed by atoms with Crippen LogP contribution in [0.3, 0.4) is 0 Å². The normalized spacial score (nSPS) is 15.9. The first kappa shape index (κ1) is 18.6. The number of amides is 1. The van der Waals surface area contributed by atoms with Crippen molar-refractivity contribution in [2.75, 3.05) is 13.7 Å². The van der Waals surface area contributed by atoms with Crippen LogP contribution in [0.5, 0.6) is 5.75 Å². The molecule has 1 saturated heterocycles. The standard InChI is InChI=1S/C21H17FN4O3/c1-28-15-7-5-14(6-8-15)19-24-20(29-25-19)18-3-2-10-26(18)21(27)16-9-4-13(12-23)11-17(16)22/h4-9,11,18H,2-3,10H2,1H3. The molecule has 0 aliphatic carbocycles. The lowest BCUT2D eigenvalue weighted by atomic mass is 10.1. The second-order valence-corrected chi connectivity index (χ2v) is 6.65. The summed E-state index contributed by atoms with van der Waals surface area (Å²) >= 11 is 0. The molecule has 0 bridgehead atoms. The molecule has 1 aliphatic heterocycles. The Balaban J connectivity index is 1.58. The summed E-state index contributed by atoms with van der Waals surface area (Å²) in [5.74, 6) is 0.263.